The van der Waals surface area contributed by atoms with Gasteiger partial charge in [-0.15, -0.1) is 0 Å². The molecule has 0 fully saturated rings. The second kappa shape index (κ2) is 4.04. The van der Waals surface area contributed by atoms with Crippen molar-refractivity contribution in [3.63, 3.8) is 0 Å². The van der Waals surface area contributed by atoms with E-state index in [0.717, 1.165) is 6.20 Å². The van der Waals surface area contributed by atoms with Gasteiger partial charge in [0, 0.05) is 11.8 Å². The fourth-order valence-electron chi connectivity index (χ4n) is 1.21. The highest BCUT2D eigenvalue weighted by molar-refractivity contribution is 5.29. The molecule has 1 rings (SSSR count). The van der Waals surface area contributed by atoms with Crippen molar-refractivity contribution in [2.75, 3.05) is 5.73 Å². The van der Waals surface area contributed by atoms with Gasteiger partial charge in [-0.25, -0.2) is 9.97 Å². The summed E-state index contributed by atoms with van der Waals surface area (Å²) in [5.41, 5.74) is 4.31. The maximum absolute atomic E-state index is 12.6. The Hall–Kier alpha value is -1.33. The summed E-state index contributed by atoms with van der Waals surface area (Å²) in [6.45, 7) is 3.51. The van der Waals surface area contributed by atoms with E-state index in [1.165, 1.54) is 0 Å². The molecule has 1 aromatic heterocycles. The van der Waals surface area contributed by atoms with E-state index < -0.39 is 11.9 Å². The Labute approximate surface area is 85.5 Å². The summed E-state index contributed by atoms with van der Waals surface area (Å²) in [4.78, 5) is 6.84. The molecule has 1 aromatic rings. The van der Waals surface area contributed by atoms with Gasteiger partial charge in [0.1, 0.15) is 0 Å². The molecule has 0 aromatic carbocycles. The highest BCUT2D eigenvalue weighted by Gasteiger charge is 2.36. The van der Waals surface area contributed by atoms with Crippen molar-refractivity contribution >= 4 is 5.95 Å². The molecule has 1 atom stereocenters. The van der Waals surface area contributed by atoms with Gasteiger partial charge in [0.15, 0.2) is 5.69 Å². The Kier molecular flexibility index (Phi) is 3.16. The number of alkyl halides is 3. The standard InChI is InChI=1S/C9H12F3N3/c1-3-5(2)6-4-14-8(13)15-7(6)9(10,11)12/h4-5H,3H2,1-2H3,(H2,13,14,15). The van der Waals surface area contributed by atoms with Crippen LogP contribution >= 0.6 is 0 Å². The monoisotopic (exact) mass is 219 g/mol. The van der Waals surface area contributed by atoms with E-state index in [0.29, 0.717) is 6.42 Å². The van der Waals surface area contributed by atoms with Gasteiger partial charge in [-0.05, 0) is 12.3 Å². The Morgan fingerprint density at radius 1 is 1.47 bits per heavy atom. The molecule has 0 amide bonds. The highest BCUT2D eigenvalue weighted by Crippen LogP contribution is 2.34. The van der Waals surface area contributed by atoms with Crippen molar-refractivity contribution in [2.45, 2.75) is 32.4 Å². The van der Waals surface area contributed by atoms with Crippen LogP contribution in [-0.2, 0) is 6.18 Å². The average Bonchev–Trinajstić information content (AvgIpc) is 2.15. The van der Waals surface area contributed by atoms with Crippen molar-refractivity contribution in [1.29, 1.82) is 0 Å². The first kappa shape index (κ1) is 11.7. The number of rotatable bonds is 2. The summed E-state index contributed by atoms with van der Waals surface area (Å²) in [5.74, 6) is -0.586. The van der Waals surface area contributed by atoms with Crippen LogP contribution < -0.4 is 5.73 Å². The van der Waals surface area contributed by atoms with Gasteiger partial charge in [-0.3, -0.25) is 0 Å². The molecule has 84 valence electrons. The predicted molar refractivity (Wildman–Crippen MR) is 50.2 cm³/mol. The molecule has 0 radical (unpaired) electrons. The van der Waals surface area contributed by atoms with E-state index in [4.69, 9.17) is 5.73 Å². The SMILES string of the molecule is CCC(C)c1cnc(N)nc1C(F)(F)F. The fraction of sp³-hybridized carbons (Fsp3) is 0.556. The summed E-state index contributed by atoms with van der Waals surface area (Å²) in [7, 11) is 0. The van der Waals surface area contributed by atoms with E-state index in [2.05, 4.69) is 9.97 Å². The number of hydrogen-bond acceptors (Lipinski definition) is 3. The number of hydrogen-bond donors (Lipinski definition) is 1. The maximum atomic E-state index is 12.6. The Morgan fingerprint density at radius 2 is 2.07 bits per heavy atom. The predicted octanol–water partition coefficient (Wildman–Crippen LogP) is 2.59. The summed E-state index contributed by atoms with van der Waals surface area (Å²) in [6, 6.07) is 0. The average molecular weight is 219 g/mol. The number of anilines is 1. The molecule has 0 aliphatic rings. The third-order valence-corrected chi connectivity index (χ3v) is 2.25. The van der Waals surface area contributed by atoms with E-state index >= 15 is 0 Å². The maximum Gasteiger partial charge on any atom is 0.433 e. The van der Waals surface area contributed by atoms with Crippen LogP contribution in [0.2, 0.25) is 0 Å². The first-order valence-corrected chi connectivity index (χ1v) is 4.55. The minimum Gasteiger partial charge on any atom is -0.368 e. The molecular formula is C9H12F3N3. The molecule has 1 unspecified atom stereocenters. The van der Waals surface area contributed by atoms with Crippen LogP contribution in [0.5, 0.6) is 0 Å². The molecule has 0 bridgehead atoms. The van der Waals surface area contributed by atoms with Crippen molar-refractivity contribution < 1.29 is 13.2 Å². The van der Waals surface area contributed by atoms with Gasteiger partial charge in [-0.2, -0.15) is 13.2 Å². The van der Waals surface area contributed by atoms with Crippen molar-refractivity contribution in [1.82, 2.24) is 9.97 Å². The summed E-state index contributed by atoms with van der Waals surface area (Å²) in [5, 5.41) is 0. The van der Waals surface area contributed by atoms with Crippen molar-refractivity contribution in [3.05, 3.63) is 17.5 Å². The van der Waals surface area contributed by atoms with Gasteiger partial charge in [0.25, 0.3) is 0 Å². The van der Waals surface area contributed by atoms with Gasteiger partial charge in [0.05, 0.1) is 0 Å². The molecule has 1 heterocycles. The van der Waals surface area contributed by atoms with Gasteiger partial charge < -0.3 is 5.73 Å². The number of nitrogens with two attached hydrogens (primary N) is 1. The lowest BCUT2D eigenvalue weighted by Gasteiger charge is -2.15. The van der Waals surface area contributed by atoms with Crippen LogP contribution in [-0.4, -0.2) is 9.97 Å². The van der Waals surface area contributed by atoms with Crippen LogP contribution in [0, 0.1) is 0 Å². The van der Waals surface area contributed by atoms with Crippen LogP contribution in [0.15, 0.2) is 6.20 Å². The normalized spacial score (nSPS) is 13.9. The molecule has 6 heteroatoms. The molecular weight excluding hydrogens is 207 g/mol. The Balaban J connectivity index is 3.27. The van der Waals surface area contributed by atoms with E-state index in [1.807, 2.05) is 0 Å². The summed E-state index contributed by atoms with van der Waals surface area (Å²) < 4.78 is 37.7. The molecule has 0 aliphatic carbocycles. The van der Waals surface area contributed by atoms with Gasteiger partial charge in [-0.1, -0.05) is 13.8 Å². The van der Waals surface area contributed by atoms with E-state index in [9.17, 15) is 13.2 Å². The van der Waals surface area contributed by atoms with E-state index in [1.54, 1.807) is 13.8 Å². The number of halogens is 3. The first-order chi connectivity index (χ1) is 6.86. The lowest BCUT2D eigenvalue weighted by atomic mass is 9.98. The van der Waals surface area contributed by atoms with Crippen LogP contribution in [0.4, 0.5) is 19.1 Å². The molecule has 0 saturated carbocycles. The molecule has 0 spiro atoms. The molecule has 15 heavy (non-hydrogen) atoms. The number of nitrogen functional groups attached to an aromatic ring is 1. The minimum absolute atomic E-state index is 0.0965. The summed E-state index contributed by atoms with van der Waals surface area (Å²) >= 11 is 0. The second-order valence-corrected chi connectivity index (χ2v) is 3.34. The van der Waals surface area contributed by atoms with Crippen LogP contribution in [0.25, 0.3) is 0 Å². The first-order valence-electron chi connectivity index (χ1n) is 4.55. The topological polar surface area (TPSA) is 51.8 Å². The van der Waals surface area contributed by atoms with Crippen molar-refractivity contribution in [2.24, 2.45) is 0 Å². The van der Waals surface area contributed by atoms with Crippen LogP contribution in [0.1, 0.15) is 37.4 Å². The highest BCUT2D eigenvalue weighted by atomic mass is 19.4. The molecule has 2 N–H and O–H groups in total. The fourth-order valence-corrected chi connectivity index (χ4v) is 1.21. The van der Waals surface area contributed by atoms with Crippen LogP contribution in [0.3, 0.4) is 0 Å². The van der Waals surface area contributed by atoms with Crippen molar-refractivity contribution in [3.8, 4) is 0 Å². The zero-order valence-electron chi connectivity index (χ0n) is 8.47. The summed E-state index contributed by atoms with van der Waals surface area (Å²) in [6.07, 6.45) is -2.73. The third-order valence-electron chi connectivity index (χ3n) is 2.25. The number of nitrogens with zero attached hydrogens (tertiary/aromatic N) is 2. The smallest absolute Gasteiger partial charge is 0.368 e. The lowest BCUT2D eigenvalue weighted by Crippen LogP contribution is -2.15. The quantitative estimate of drug-likeness (QED) is 0.831. The zero-order valence-corrected chi connectivity index (χ0v) is 8.47. The Morgan fingerprint density at radius 3 is 2.53 bits per heavy atom. The Bertz CT molecular complexity index is 349. The van der Waals surface area contributed by atoms with Gasteiger partial charge >= 0.3 is 6.18 Å². The molecule has 0 aliphatic heterocycles. The van der Waals surface area contributed by atoms with Gasteiger partial charge in [0.2, 0.25) is 5.95 Å². The lowest BCUT2D eigenvalue weighted by molar-refractivity contribution is -0.142. The zero-order chi connectivity index (χ0) is 11.6. The molecule has 0 saturated heterocycles. The minimum atomic E-state index is -4.48. The van der Waals surface area contributed by atoms with E-state index in [-0.39, 0.29) is 17.4 Å². The number of aromatic nitrogens is 2. The molecule has 3 nitrogen and oxygen atoms in total. The largest absolute Gasteiger partial charge is 0.433 e. The third kappa shape index (κ3) is 2.57. The second-order valence-electron chi connectivity index (χ2n) is 3.34.